The quantitative estimate of drug-likeness (QED) is 0.729. The summed E-state index contributed by atoms with van der Waals surface area (Å²) in [5, 5.41) is 5.66. The molecule has 0 aliphatic heterocycles. The van der Waals surface area contributed by atoms with Gasteiger partial charge in [-0.25, -0.2) is 9.50 Å². The first-order valence-electron chi connectivity index (χ1n) is 5.95. The predicted octanol–water partition coefficient (Wildman–Crippen LogP) is 4.11. The fourth-order valence-corrected chi connectivity index (χ4v) is 2.87. The summed E-state index contributed by atoms with van der Waals surface area (Å²) in [6, 6.07) is 5.63. The highest BCUT2D eigenvalue weighted by Crippen LogP contribution is 2.29. The first-order valence-corrected chi connectivity index (χ1v) is 7.14. The van der Waals surface area contributed by atoms with Gasteiger partial charge in [-0.05, 0) is 48.4 Å². The van der Waals surface area contributed by atoms with Gasteiger partial charge in [0.2, 0.25) is 4.96 Å². The average molecular weight is 294 g/mol. The summed E-state index contributed by atoms with van der Waals surface area (Å²) >= 11 is 7.50. The van der Waals surface area contributed by atoms with Gasteiger partial charge >= 0.3 is 0 Å². The number of fused-ring (bicyclic) bond motifs is 1. The zero-order valence-electron chi connectivity index (χ0n) is 10.6. The fourth-order valence-electron chi connectivity index (χ4n) is 1.82. The standard InChI is InChI=1S/C13H12ClN3OS/c1-3-9-6-10(4-5-11(9)14)18-13-16-17-7-8(2)15-12(17)19-13/h4-7H,3H2,1-2H3. The molecule has 0 atom stereocenters. The second-order valence-electron chi connectivity index (χ2n) is 4.19. The summed E-state index contributed by atoms with van der Waals surface area (Å²) in [5.74, 6) is 0.745. The molecule has 6 heteroatoms. The number of aryl methyl sites for hydroxylation is 2. The largest absolute Gasteiger partial charge is 0.430 e. The van der Waals surface area contributed by atoms with Crippen LogP contribution >= 0.6 is 22.9 Å². The van der Waals surface area contributed by atoms with Crippen LogP contribution in [0.2, 0.25) is 5.02 Å². The lowest BCUT2D eigenvalue weighted by atomic mass is 10.2. The van der Waals surface area contributed by atoms with Crippen LogP contribution in [0, 0.1) is 6.92 Å². The van der Waals surface area contributed by atoms with Gasteiger partial charge in [0.25, 0.3) is 5.19 Å². The smallest absolute Gasteiger partial charge is 0.299 e. The minimum absolute atomic E-state index is 0.576. The van der Waals surface area contributed by atoms with E-state index in [0.717, 1.165) is 33.4 Å². The summed E-state index contributed by atoms with van der Waals surface area (Å²) in [4.78, 5) is 5.17. The topological polar surface area (TPSA) is 39.4 Å². The van der Waals surface area contributed by atoms with Gasteiger partial charge in [-0.3, -0.25) is 0 Å². The highest BCUT2D eigenvalue weighted by molar-refractivity contribution is 7.18. The summed E-state index contributed by atoms with van der Waals surface area (Å²) < 4.78 is 7.48. The maximum absolute atomic E-state index is 6.08. The Morgan fingerprint density at radius 3 is 3.00 bits per heavy atom. The van der Waals surface area contributed by atoms with Gasteiger partial charge in [0.05, 0.1) is 11.9 Å². The Kier molecular flexibility index (Phi) is 3.16. The molecule has 3 rings (SSSR count). The molecule has 0 saturated carbocycles. The lowest BCUT2D eigenvalue weighted by Crippen LogP contribution is -1.88. The van der Waals surface area contributed by atoms with Gasteiger partial charge in [0.1, 0.15) is 5.75 Å². The van der Waals surface area contributed by atoms with Crippen LogP contribution < -0.4 is 4.74 Å². The highest BCUT2D eigenvalue weighted by Gasteiger charge is 2.09. The molecular formula is C13H12ClN3OS. The van der Waals surface area contributed by atoms with E-state index in [1.807, 2.05) is 31.3 Å². The summed E-state index contributed by atoms with van der Waals surface area (Å²) in [6.45, 7) is 4.00. The average Bonchev–Trinajstić information content (AvgIpc) is 2.88. The van der Waals surface area contributed by atoms with Crippen LogP contribution in [0.25, 0.3) is 4.96 Å². The number of hydrogen-bond donors (Lipinski definition) is 0. The van der Waals surface area contributed by atoms with E-state index in [4.69, 9.17) is 16.3 Å². The third-order valence-electron chi connectivity index (χ3n) is 2.75. The zero-order valence-corrected chi connectivity index (χ0v) is 12.1. The first-order chi connectivity index (χ1) is 9.15. The summed E-state index contributed by atoms with van der Waals surface area (Å²) in [5.41, 5.74) is 2.02. The van der Waals surface area contributed by atoms with Crippen molar-refractivity contribution in [2.24, 2.45) is 0 Å². The third-order valence-corrected chi connectivity index (χ3v) is 3.92. The molecule has 3 aromatic rings. The number of aromatic nitrogens is 3. The van der Waals surface area contributed by atoms with Gasteiger partial charge in [0.15, 0.2) is 0 Å². The highest BCUT2D eigenvalue weighted by atomic mass is 35.5. The Balaban J connectivity index is 1.89. The molecule has 0 spiro atoms. The first kappa shape index (κ1) is 12.4. The SMILES string of the molecule is CCc1cc(Oc2nn3cc(C)nc3s2)ccc1Cl. The van der Waals surface area contributed by atoms with E-state index >= 15 is 0 Å². The maximum Gasteiger partial charge on any atom is 0.299 e. The van der Waals surface area contributed by atoms with Crippen molar-refractivity contribution < 1.29 is 4.74 Å². The van der Waals surface area contributed by atoms with Gasteiger partial charge in [0, 0.05) is 5.02 Å². The molecule has 0 aliphatic rings. The fraction of sp³-hybridized carbons (Fsp3) is 0.231. The van der Waals surface area contributed by atoms with Crippen molar-refractivity contribution in [1.82, 2.24) is 14.6 Å². The van der Waals surface area contributed by atoms with Crippen molar-refractivity contribution in [3.05, 3.63) is 40.7 Å². The number of rotatable bonds is 3. The molecule has 0 radical (unpaired) electrons. The maximum atomic E-state index is 6.08. The van der Waals surface area contributed by atoms with E-state index in [-0.39, 0.29) is 0 Å². The van der Waals surface area contributed by atoms with Crippen molar-refractivity contribution in [3.8, 4) is 10.9 Å². The molecule has 98 valence electrons. The van der Waals surface area contributed by atoms with Crippen molar-refractivity contribution in [3.63, 3.8) is 0 Å². The van der Waals surface area contributed by atoms with Crippen LogP contribution in [0.4, 0.5) is 0 Å². The minimum atomic E-state index is 0.576. The second-order valence-corrected chi connectivity index (χ2v) is 5.51. The predicted molar refractivity (Wildman–Crippen MR) is 76.5 cm³/mol. The normalized spacial score (nSPS) is 11.1. The molecule has 0 fully saturated rings. The molecule has 2 heterocycles. The Hall–Kier alpha value is -1.59. The molecule has 1 aromatic carbocycles. The summed E-state index contributed by atoms with van der Waals surface area (Å²) in [6.07, 6.45) is 2.74. The molecule has 4 nitrogen and oxygen atoms in total. The molecule has 0 unspecified atom stereocenters. The Morgan fingerprint density at radius 1 is 1.42 bits per heavy atom. The van der Waals surface area contributed by atoms with Crippen LogP contribution in [-0.4, -0.2) is 14.6 Å². The number of imidazole rings is 1. The Bertz CT molecular complexity index is 703. The Morgan fingerprint density at radius 2 is 2.26 bits per heavy atom. The van der Waals surface area contributed by atoms with E-state index in [1.165, 1.54) is 11.3 Å². The monoisotopic (exact) mass is 293 g/mol. The zero-order chi connectivity index (χ0) is 13.4. The number of nitrogens with zero attached hydrogens (tertiary/aromatic N) is 3. The molecule has 0 bridgehead atoms. The van der Waals surface area contributed by atoms with E-state index in [0.29, 0.717) is 5.19 Å². The number of ether oxygens (including phenoxy) is 1. The third kappa shape index (κ3) is 2.43. The van der Waals surface area contributed by atoms with E-state index < -0.39 is 0 Å². The lowest BCUT2D eigenvalue weighted by molar-refractivity contribution is 0.470. The van der Waals surface area contributed by atoms with Crippen LogP contribution in [0.5, 0.6) is 10.9 Å². The van der Waals surface area contributed by atoms with Crippen molar-refractivity contribution in [2.75, 3.05) is 0 Å². The van der Waals surface area contributed by atoms with E-state index in [2.05, 4.69) is 17.0 Å². The minimum Gasteiger partial charge on any atom is -0.430 e. The van der Waals surface area contributed by atoms with Gasteiger partial charge in [-0.1, -0.05) is 18.5 Å². The number of benzene rings is 1. The van der Waals surface area contributed by atoms with Crippen LogP contribution in [0.15, 0.2) is 24.4 Å². The molecule has 0 amide bonds. The van der Waals surface area contributed by atoms with Gasteiger partial charge < -0.3 is 4.74 Å². The van der Waals surface area contributed by atoms with Crippen molar-refractivity contribution >= 4 is 27.9 Å². The summed E-state index contributed by atoms with van der Waals surface area (Å²) in [7, 11) is 0. The molecule has 2 aromatic heterocycles. The molecule has 0 N–H and O–H groups in total. The molecular weight excluding hydrogens is 282 g/mol. The van der Waals surface area contributed by atoms with E-state index in [9.17, 15) is 0 Å². The molecule has 0 saturated heterocycles. The van der Waals surface area contributed by atoms with Crippen LogP contribution in [0.1, 0.15) is 18.2 Å². The Labute approximate surface area is 119 Å². The van der Waals surface area contributed by atoms with Crippen LogP contribution in [0.3, 0.4) is 0 Å². The van der Waals surface area contributed by atoms with Crippen molar-refractivity contribution in [2.45, 2.75) is 20.3 Å². The van der Waals surface area contributed by atoms with Gasteiger partial charge in [-0.2, -0.15) is 0 Å². The molecule has 0 aliphatic carbocycles. The second kappa shape index (κ2) is 4.83. The van der Waals surface area contributed by atoms with Gasteiger partial charge in [-0.15, -0.1) is 5.10 Å². The van der Waals surface area contributed by atoms with Crippen LogP contribution in [-0.2, 0) is 6.42 Å². The van der Waals surface area contributed by atoms with Crippen molar-refractivity contribution in [1.29, 1.82) is 0 Å². The number of hydrogen-bond acceptors (Lipinski definition) is 4. The molecule has 19 heavy (non-hydrogen) atoms. The van der Waals surface area contributed by atoms with E-state index in [1.54, 1.807) is 4.52 Å². The number of halogens is 1. The lowest BCUT2D eigenvalue weighted by Gasteiger charge is -2.05.